The molecule has 1 fully saturated rings. The Morgan fingerprint density at radius 3 is 2.60 bits per heavy atom. The zero-order valence-corrected chi connectivity index (χ0v) is 17.2. The molecule has 30 heavy (non-hydrogen) atoms. The van der Waals surface area contributed by atoms with Gasteiger partial charge in [0.05, 0.1) is 0 Å². The molecule has 0 radical (unpaired) electrons. The number of aromatic nitrogens is 4. The Morgan fingerprint density at radius 1 is 1.20 bits per heavy atom. The second-order valence-electron chi connectivity index (χ2n) is 7.68. The summed E-state index contributed by atoms with van der Waals surface area (Å²) in [5.41, 5.74) is 6.16. The van der Waals surface area contributed by atoms with Crippen LogP contribution in [0.1, 0.15) is 30.1 Å². The molecular formula is C21H26N6O3. The predicted octanol–water partition coefficient (Wildman–Crippen LogP) is 0.727. The quantitative estimate of drug-likeness (QED) is 0.621. The van der Waals surface area contributed by atoms with Crippen molar-refractivity contribution in [3.05, 3.63) is 56.6 Å². The minimum atomic E-state index is -0.404. The van der Waals surface area contributed by atoms with Gasteiger partial charge in [0.25, 0.3) is 11.1 Å². The average Bonchev–Trinajstić information content (AvgIpc) is 3.15. The van der Waals surface area contributed by atoms with E-state index in [1.54, 1.807) is 28.8 Å². The Hall–Kier alpha value is -3.20. The van der Waals surface area contributed by atoms with E-state index in [0.29, 0.717) is 24.6 Å². The molecule has 9 heteroatoms. The van der Waals surface area contributed by atoms with E-state index in [4.69, 9.17) is 5.73 Å². The Bertz CT molecular complexity index is 1210. The number of hydrogen-bond acceptors (Lipinski definition) is 6. The van der Waals surface area contributed by atoms with E-state index < -0.39 is 11.1 Å². The number of ketones is 1. The maximum atomic E-state index is 13.4. The van der Waals surface area contributed by atoms with Gasteiger partial charge in [0, 0.05) is 38.3 Å². The van der Waals surface area contributed by atoms with Gasteiger partial charge in [-0.1, -0.05) is 30.3 Å². The number of nitrogens with two attached hydrogens (primary N) is 1. The molecule has 3 heterocycles. The topological polar surface area (TPSA) is 108 Å². The van der Waals surface area contributed by atoms with Crippen molar-refractivity contribution in [2.75, 3.05) is 18.0 Å². The Kier molecular flexibility index (Phi) is 5.29. The van der Waals surface area contributed by atoms with E-state index in [1.807, 2.05) is 17.9 Å². The molecule has 1 atom stereocenters. The first-order valence-corrected chi connectivity index (χ1v) is 10.2. The number of imidazole rings is 1. The van der Waals surface area contributed by atoms with Crippen LogP contribution in [0, 0.1) is 0 Å². The summed E-state index contributed by atoms with van der Waals surface area (Å²) in [6, 6.07) is 8.76. The molecular weight excluding hydrogens is 384 g/mol. The number of hydrogen-bond donors (Lipinski definition) is 1. The van der Waals surface area contributed by atoms with Gasteiger partial charge in [-0.3, -0.25) is 14.4 Å². The zero-order valence-electron chi connectivity index (χ0n) is 17.2. The van der Waals surface area contributed by atoms with Crippen molar-refractivity contribution >= 4 is 22.8 Å². The molecule has 158 valence electrons. The van der Waals surface area contributed by atoms with Gasteiger partial charge in [0.1, 0.15) is 12.1 Å². The lowest BCUT2D eigenvalue weighted by Gasteiger charge is -2.31. The lowest BCUT2D eigenvalue weighted by molar-refractivity contribution is 0.0960. The van der Waals surface area contributed by atoms with Crippen LogP contribution < -0.4 is 21.8 Å². The van der Waals surface area contributed by atoms with E-state index in [0.717, 1.165) is 19.4 Å². The number of aryl methyl sites for hydroxylation is 1. The molecule has 1 aliphatic rings. The van der Waals surface area contributed by atoms with Crippen molar-refractivity contribution in [3.8, 4) is 0 Å². The summed E-state index contributed by atoms with van der Waals surface area (Å²) in [6.07, 6.45) is 1.88. The Morgan fingerprint density at radius 2 is 1.93 bits per heavy atom. The molecule has 0 saturated carbocycles. The van der Waals surface area contributed by atoms with Gasteiger partial charge >= 0.3 is 0 Å². The summed E-state index contributed by atoms with van der Waals surface area (Å²) in [5.74, 6) is 0.348. The van der Waals surface area contributed by atoms with E-state index in [-0.39, 0.29) is 29.4 Å². The molecule has 9 nitrogen and oxygen atoms in total. The summed E-state index contributed by atoms with van der Waals surface area (Å²) in [7, 11) is 1.49. The number of benzene rings is 1. The van der Waals surface area contributed by atoms with Crippen LogP contribution >= 0.6 is 0 Å². The smallest absolute Gasteiger partial charge is 0.293 e. The maximum absolute atomic E-state index is 13.4. The van der Waals surface area contributed by atoms with Crippen LogP contribution in [0.4, 0.5) is 5.95 Å². The third-order valence-electron chi connectivity index (χ3n) is 5.69. The van der Waals surface area contributed by atoms with Gasteiger partial charge in [0.15, 0.2) is 11.3 Å². The molecule has 0 aliphatic carbocycles. The minimum Gasteiger partial charge on any atom is -0.341 e. The second kappa shape index (κ2) is 7.91. The van der Waals surface area contributed by atoms with Gasteiger partial charge in [-0.05, 0) is 19.8 Å². The molecule has 0 bridgehead atoms. The molecule has 4 rings (SSSR count). The third kappa shape index (κ3) is 3.35. The number of fused-ring (bicyclic) bond motifs is 1. The van der Waals surface area contributed by atoms with E-state index in [9.17, 15) is 14.4 Å². The van der Waals surface area contributed by atoms with E-state index >= 15 is 0 Å². The fraction of sp³-hybridized carbons (Fsp3) is 0.429. The molecule has 1 aromatic carbocycles. The zero-order chi connectivity index (χ0) is 21.4. The fourth-order valence-electron chi connectivity index (χ4n) is 4.09. The monoisotopic (exact) mass is 410 g/mol. The maximum Gasteiger partial charge on any atom is 0.293 e. The highest BCUT2D eigenvalue weighted by molar-refractivity contribution is 5.95. The Labute approximate surface area is 173 Å². The highest BCUT2D eigenvalue weighted by Gasteiger charge is 2.26. The summed E-state index contributed by atoms with van der Waals surface area (Å²) in [6.45, 7) is 3.57. The fourth-order valence-corrected chi connectivity index (χ4v) is 4.09. The van der Waals surface area contributed by atoms with Crippen LogP contribution in [0.2, 0.25) is 0 Å². The third-order valence-corrected chi connectivity index (χ3v) is 5.69. The minimum absolute atomic E-state index is 0.0341. The normalized spacial score (nSPS) is 16.9. The average molecular weight is 410 g/mol. The molecule has 0 amide bonds. The van der Waals surface area contributed by atoms with Crippen molar-refractivity contribution < 1.29 is 4.79 Å². The number of Topliss-reactive ketones (excluding diaryl/α,β-unsaturated/α-hetero) is 1. The summed E-state index contributed by atoms with van der Waals surface area (Å²) in [4.78, 5) is 45.6. The summed E-state index contributed by atoms with van der Waals surface area (Å²) >= 11 is 0. The SMILES string of the molecule is CCn1c(N2CCC[C@@H](N)C2)nc2c(=O)n(C)n(CC(=O)c3ccccc3)c(=O)c21. The molecule has 1 aliphatic heterocycles. The second-order valence-corrected chi connectivity index (χ2v) is 7.68. The van der Waals surface area contributed by atoms with Crippen molar-refractivity contribution in [2.45, 2.75) is 38.9 Å². The first-order chi connectivity index (χ1) is 14.4. The van der Waals surface area contributed by atoms with Crippen LogP contribution in [0.3, 0.4) is 0 Å². The summed E-state index contributed by atoms with van der Waals surface area (Å²) in [5, 5.41) is 0. The molecule has 2 N–H and O–H groups in total. The molecule has 0 unspecified atom stereocenters. The molecule has 3 aromatic rings. The number of piperidine rings is 1. The first-order valence-electron chi connectivity index (χ1n) is 10.2. The van der Waals surface area contributed by atoms with Gasteiger partial charge in [0.2, 0.25) is 5.95 Å². The van der Waals surface area contributed by atoms with Gasteiger partial charge in [-0.15, -0.1) is 0 Å². The summed E-state index contributed by atoms with van der Waals surface area (Å²) < 4.78 is 4.14. The van der Waals surface area contributed by atoms with Crippen molar-refractivity contribution in [2.24, 2.45) is 12.8 Å². The Balaban J connectivity index is 1.85. The highest BCUT2D eigenvalue weighted by Crippen LogP contribution is 2.22. The van der Waals surface area contributed by atoms with Gasteiger partial charge in [-0.2, -0.15) is 0 Å². The number of carbonyl (C=O) groups is 1. The van der Waals surface area contributed by atoms with Crippen molar-refractivity contribution in [3.63, 3.8) is 0 Å². The largest absolute Gasteiger partial charge is 0.341 e. The van der Waals surface area contributed by atoms with Crippen LogP contribution in [-0.4, -0.2) is 43.8 Å². The molecule has 0 spiro atoms. The first kappa shape index (κ1) is 20.1. The van der Waals surface area contributed by atoms with E-state index in [1.165, 1.54) is 16.4 Å². The number of rotatable bonds is 5. The standard InChI is InChI=1S/C21H26N6O3/c1-3-26-18-17(23-21(26)25-11-7-10-15(22)12-25)19(29)24(2)27(20(18)30)13-16(28)14-8-5-4-6-9-14/h4-6,8-9,15H,3,7,10-13,22H2,1-2H3/t15-/m1/s1. The number of nitrogens with zero attached hydrogens (tertiary/aromatic N) is 5. The molecule has 2 aromatic heterocycles. The van der Waals surface area contributed by atoms with Gasteiger partial charge < -0.3 is 15.2 Å². The lowest BCUT2D eigenvalue weighted by atomic mass is 10.1. The predicted molar refractivity (Wildman–Crippen MR) is 115 cm³/mol. The van der Waals surface area contributed by atoms with Crippen LogP contribution in [0.25, 0.3) is 11.0 Å². The lowest BCUT2D eigenvalue weighted by Crippen LogP contribution is -2.44. The van der Waals surface area contributed by atoms with E-state index in [2.05, 4.69) is 4.98 Å². The molecule has 1 saturated heterocycles. The number of carbonyl (C=O) groups excluding carboxylic acids is 1. The highest BCUT2D eigenvalue weighted by atomic mass is 16.2. The van der Waals surface area contributed by atoms with Gasteiger partial charge in [-0.25, -0.2) is 14.3 Å². The number of anilines is 1. The van der Waals surface area contributed by atoms with Crippen molar-refractivity contribution in [1.82, 2.24) is 18.9 Å². The van der Waals surface area contributed by atoms with Crippen molar-refractivity contribution in [1.29, 1.82) is 0 Å². The van der Waals surface area contributed by atoms with Crippen LogP contribution in [-0.2, 0) is 20.1 Å². The van der Waals surface area contributed by atoms with Crippen LogP contribution in [0.5, 0.6) is 0 Å². The van der Waals surface area contributed by atoms with Crippen LogP contribution in [0.15, 0.2) is 39.9 Å².